The Hall–Kier alpha value is -1.24. The lowest BCUT2D eigenvalue weighted by Crippen LogP contribution is -2.04. The minimum atomic E-state index is -3.34. The van der Waals surface area contributed by atoms with Crippen LogP contribution in [0.5, 0.6) is 0 Å². The van der Waals surface area contributed by atoms with Crippen LogP contribution in [-0.2, 0) is 15.6 Å². The number of hydrogen-bond donors (Lipinski definition) is 0. The highest BCUT2D eigenvalue weighted by molar-refractivity contribution is 9.10. The molecule has 1 aromatic heterocycles. The molecule has 0 N–H and O–H groups in total. The third kappa shape index (κ3) is 3.17. The molecule has 21 heavy (non-hydrogen) atoms. The highest BCUT2D eigenvalue weighted by Gasteiger charge is 2.15. The number of nitrogens with zero attached hydrogens (tertiary/aromatic N) is 1. The van der Waals surface area contributed by atoms with Gasteiger partial charge in [0.05, 0.1) is 25.9 Å². The Morgan fingerprint density at radius 2 is 1.86 bits per heavy atom. The van der Waals surface area contributed by atoms with Crippen molar-refractivity contribution >= 4 is 47.3 Å². The molecule has 3 aromatic rings. The molecule has 0 spiro atoms. The Bertz CT molecular complexity index is 899. The number of benzene rings is 2. The van der Waals surface area contributed by atoms with Crippen molar-refractivity contribution in [1.29, 1.82) is 0 Å². The van der Waals surface area contributed by atoms with Crippen LogP contribution in [-0.4, -0.2) is 13.4 Å². The van der Waals surface area contributed by atoms with Gasteiger partial charge in [-0.15, -0.1) is 11.3 Å². The van der Waals surface area contributed by atoms with Gasteiger partial charge in [-0.3, -0.25) is 0 Å². The standard InChI is InChI=1S/C15H12BrNO2S2/c1-10-17-14-8-11(2-7-15(14)20-10)9-21(18,19)13-5-3-12(16)4-6-13/h2-8H,9H2,1H3. The lowest BCUT2D eigenvalue weighted by Gasteiger charge is -2.05. The average Bonchev–Trinajstić information content (AvgIpc) is 2.78. The largest absolute Gasteiger partial charge is 0.242 e. The lowest BCUT2D eigenvalue weighted by molar-refractivity contribution is 0.595. The van der Waals surface area contributed by atoms with Crippen molar-refractivity contribution in [3.05, 3.63) is 57.5 Å². The van der Waals surface area contributed by atoms with Gasteiger partial charge < -0.3 is 0 Å². The Labute approximate surface area is 135 Å². The topological polar surface area (TPSA) is 47.0 Å². The summed E-state index contributed by atoms with van der Waals surface area (Å²) in [6.45, 7) is 1.95. The van der Waals surface area contributed by atoms with Crippen LogP contribution in [0.3, 0.4) is 0 Å². The molecule has 0 saturated carbocycles. The number of fused-ring (bicyclic) bond motifs is 1. The third-order valence-electron chi connectivity index (χ3n) is 3.09. The monoisotopic (exact) mass is 381 g/mol. The van der Waals surface area contributed by atoms with Crippen molar-refractivity contribution in [1.82, 2.24) is 4.98 Å². The van der Waals surface area contributed by atoms with E-state index in [4.69, 9.17) is 0 Å². The van der Waals surface area contributed by atoms with Gasteiger partial charge in [0.1, 0.15) is 0 Å². The number of rotatable bonds is 3. The summed E-state index contributed by atoms with van der Waals surface area (Å²) >= 11 is 4.92. The van der Waals surface area contributed by atoms with Crippen LogP contribution in [0, 0.1) is 6.92 Å². The van der Waals surface area contributed by atoms with E-state index in [1.807, 2.05) is 25.1 Å². The molecule has 108 valence electrons. The summed E-state index contributed by atoms with van der Waals surface area (Å²) in [4.78, 5) is 4.74. The average molecular weight is 382 g/mol. The number of halogens is 1. The molecule has 0 aliphatic carbocycles. The van der Waals surface area contributed by atoms with Crippen LogP contribution in [0.2, 0.25) is 0 Å². The molecule has 3 nitrogen and oxygen atoms in total. The zero-order valence-electron chi connectivity index (χ0n) is 11.2. The smallest absolute Gasteiger partial charge is 0.182 e. The minimum absolute atomic E-state index is 0.0128. The summed E-state index contributed by atoms with van der Waals surface area (Å²) in [5.74, 6) is -0.0128. The maximum Gasteiger partial charge on any atom is 0.182 e. The first-order valence-electron chi connectivity index (χ1n) is 6.28. The van der Waals surface area contributed by atoms with Crippen LogP contribution in [0.1, 0.15) is 10.6 Å². The SMILES string of the molecule is Cc1nc2cc(CS(=O)(=O)c3ccc(Br)cc3)ccc2s1. The summed E-state index contributed by atoms with van der Waals surface area (Å²) in [6, 6.07) is 12.4. The Morgan fingerprint density at radius 3 is 2.57 bits per heavy atom. The molecule has 0 aliphatic heterocycles. The highest BCUT2D eigenvalue weighted by Crippen LogP contribution is 2.25. The van der Waals surface area contributed by atoms with E-state index in [-0.39, 0.29) is 5.75 Å². The van der Waals surface area contributed by atoms with Gasteiger partial charge >= 0.3 is 0 Å². The quantitative estimate of drug-likeness (QED) is 0.677. The van der Waals surface area contributed by atoms with Gasteiger partial charge in [0.15, 0.2) is 9.84 Å². The molecule has 6 heteroatoms. The second-order valence-electron chi connectivity index (χ2n) is 4.75. The second kappa shape index (κ2) is 5.51. The van der Waals surface area contributed by atoms with Gasteiger partial charge in [0, 0.05) is 4.47 Å². The maximum absolute atomic E-state index is 12.4. The molecular weight excluding hydrogens is 370 g/mol. The van der Waals surface area contributed by atoms with Gasteiger partial charge in [-0.05, 0) is 48.9 Å². The Morgan fingerprint density at radius 1 is 1.14 bits per heavy atom. The third-order valence-corrected chi connectivity index (χ3v) is 6.27. The number of hydrogen-bond acceptors (Lipinski definition) is 4. The van der Waals surface area contributed by atoms with E-state index in [0.717, 1.165) is 25.3 Å². The van der Waals surface area contributed by atoms with Gasteiger partial charge in [-0.2, -0.15) is 0 Å². The first-order chi connectivity index (χ1) is 9.94. The zero-order valence-corrected chi connectivity index (χ0v) is 14.4. The predicted molar refractivity (Wildman–Crippen MR) is 89.4 cm³/mol. The Kier molecular flexibility index (Phi) is 3.86. The van der Waals surface area contributed by atoms with Gasteiger partial charge in [-0.1, -0.05) is 22.0 Å². The molecule has 0 unspecified atom stereocenters. The second-order valence-corrected chi connectivity index (χ2v) is 8.89. The van der Waals surface area contributed by atoms with E-state index in [0.29, 0.717) is 4.90 Å². The molecule has 2 aromatic carbocycles. The van der Waals surface area contributed by atoms with Gasteiger partial charge in [-0.25, -0.2) is 13.4 Å². The summed E-state index contributed by atoms with van der Waals surface area (Å²) in [6.07, 6.45) is 0. The molecule has 0 radical (unpaired) electrons. The molecule has 3 rings (SSSR count). The summed E-state index contributed by atoms with van der Waals surface area (Å²) < 4.78 is 26.8. The van der Waals surface area contributed by atoms with E-state index in [2.05, 4.69) is 20.9 Å². The number of sulfone groups is 1. The van der Waals surface area contributed by atoms with E-state index >= 15 is 0 Å². The fourth-order valence-corrected chi connectivity index (χ4v) is 4.53. The molecule has 0 aliphatic rings. The molecule has 1 heterocycles. The van der Waals surface area contributed by atoms with Crippen LogP contribution < -0.4 is 0 Å². The summed E-state index contributed by atoms with van der Waals surface area (Å²) in [5, 5.41) is 0.984. The van der Waals surface area contributed by atoms with Crippen molar-refractivity contribution in [3.63, 3.8) is 0 Å². The van der Waals surface area contributed by atoms with E-state index < -0.39 is 9.84 Å². The van der Waals surface area contributed by atoms with Crippen LogP contribution in [0.15, 0.2) is 51.8 Å². The van der Waals surface area contributed by atoms with Crippen molar-refractivity contribution in [3.8, 4) is 0 Å². The molecule has 0 fully saturated rings. The van der Waals surface area contributed by atoms with Gasteiger partial charge in [0.2, 0.25) is 0 Å². The van der Waals surface area contributed by atoms with E-state index in [1.165, 1.54) is 0 Å². The molecule has 0 saturated heterocycles. The number of aryl methyl sites for hydroxylation is 1. The summed E-state index contributed by atoms with van der Waals surface area (Å²) in [7, 11) is -3.34. The molecule has 0 atom stereocenters. The predicted octanol–water partition coefficient (Wildman–Crippen LogP) is 4.34. The van der Waals surface area contributed by atoms with Crippen molar-refractivity contribution < 1.29 is 8.42 Å². The fourth-order valence-electron chi connectivity index (χ4n) is 2.12. The van der Waals surface area contributed by atoms with Gasteiger partial charge in [0.25, 0.3) is 0 Å². The fraction of sp³-hybridized carbons (Fsp3) is 0.133. The van der Waals surface area contributed by atoms with Crippen LogP contribution >= 0.6 is 27.3 Å². The zero-order chi connectivity index (χ0) is 15.0. The number of thiazole rings is 1. The first-order valence-corrected chi connectivity index (χ1v) is 9.55. The normalized spacial score (nSPS) is 11.9. The number of aromatic nitrogens is 1. The van der Waals surface area contributed by atoms with Crippen LogP contribution in [0.4, 0.5) is 0 Å². The van der Waals surface area contributed by atoms with Crippen molar-refractivity contribution in [2.45, 2.75) is 17.6 Å². The lowest BCUT2D eigenvalue weighted by atomic mass is 10.2. The van der Waals surface area contributed by atoms with Crippen LogP contribution in [0.25, 0.3) is 10.2 Å². The maximum atomic E-state index is 12.4. The molecule has 0 bridgehead atoms. The van der Waals surface area contributed by atoms with Crippen molar-refractivity contribution in [2.75, 3.05) is 0 Å². The van der Waals surface area contributed by atoms with Crippen molar-refractivity contribution in [2.24, 2.45) is 0 Å². The highest BCUT2D eigenvalue weighted by atomic mass is 79.9. The molecular formula is C15H12BrNO2S2. The first kappa shape index (κ1) is 14.7. The minimum Gasteiger partial charge on any atom is -0.242 e. The summed E-state index contributed by atoms with van der Waals surface area (Å²) in [5.41, 5.74) is 1.62. The van der Waals surface area contributed by atoms with E-state index in [1.54, 1.807) is 35.6 Å². The van der Waals surface area contributed by atoms with E-state index in [9.17, 15) is 8.42 Å². The molecule has 0 amide bonds. The Balaban J connectivity index is 1.94.